The van der Waals surface area contributed by atoms with Crippen molar-refractivity contribution in [3.05, 3.63) is 53.7 Å². The summed E-state index contributed by atoms with van der Waals surface area (Å²) in [7, 11) is 1.93. The van der Waals surface area contributed by atoms with Crippen molar-refractivity contribution in [3.63, 3.8) is 0 Å². The number of hydrogen-bond acceptors (Lipinski definition) is 7. The van der Waals surface area contributed by atoms with Crippen LogP contribution in [0.5, 0.6) is 5.75 Å². The molecule has 8 heteroatoms. The summed E-state index contributed by atoms with van der Waals surface area (Å²) in [4.78, 5) is 29.1. The third kappa shape index (κ3) is 5.21. The average Bonchev–Trinajstić information content (AvgIpc) is 3.00. The Morgan fingerprint density at radius 1 is 1.19 bits per heavy atom. The SMILES string of the molecule is CN(CCOc1ccc(CC2SC(=O)NC2=O)cc1)c1ccc(CO)cn1. The van der Waals surface area contributed by atoms with Crippen LogP contribution >= 0.6 is 11.8 Å². The molecule has 1 aromatic heterocycles. The number of carbonyl (C=O) groups excluding carboxylic acids is 2. The number of aliphatic hydroxyl groups excluding tert-OH is 1. The van der Waals surface area contributed by atoms with Crippen molar-refractivity contribution in [2.24, 2.45) is 0 Å². The number of benzene rings is 1. The number of hydrogen-bond donors (Lipinski definition) is 2. The molecule has 27 heavy (non-hydrogen) atoms. The van der Waals surface area contributed by atoms with E-state index < -0.39 is 0 Å². The first-order chi connectivity index (χ1) is 13.0. The fraction of sp³-hybridized carbons (Fsp3) is 0.316. The molecule has 142 valence electrons. The summed E-state index contributed by atoms with van der Waals surface area (Å²) in [6.07, 6.45) is 2.17. The first kappa shape index (κ1) is 19.2. The topological polar surface area (TPSA) is 91.8 Å². The number of aromatic nitrogens is 1. The minimum Gasteiger partial charge on any atom is -0.492 e. The van der Waals surface area contributed by atoms with E-state index in [1.54, 1.807) is 6.20 Å². The van der Waals surface area contributed by atoms with Gasteiger partial charge in [-0.3, -0.25) is 14.9 Å². The van der Waals surface area contributed by atoms with Crippen LogP contribution in [-0.2, 0) is 17.8 Å². The lowest BCUT2D eigenvalue weighted by Crippen LogP contribution is -2.25. The van der Waals surface area contributed by atoms with Crippen LogP contribution in [0.3, 0.4) is 0 Å². The highest BCUT2D eigenvalue weighted by atomic mass is 32.2. The highest BCUT2D eigenvalue weighted by Crippen LogP contribution is 2.23. The summed E-state index contributed by atoms with van der Waals surface area (Å²) in [6, 6.07) is 11.2. The van der Waals surface area contributed by atoms with Crippen molar-refractivity contribution in [2.75, 3.05) is 25.1 Å². The molecule has 2 heterocycles. The summed E-state index contributed by atoms with van der Waals surface area (Å²) in [5.41, 5.74) is 1.76. The van der Waals surface area contributed by atoms with Crippen molar-refractivity contribution >= 4 is 28.7 Å². The molecular weight excluding hydrogens is 366 g/mol. The third-order valence-electron chi connectivity index (χ3n) is 4.19. The number of nitrogens with one attached hydrogen (secondary N) is 1. The number of thioether (sulfide) groups is 1. The van der Waals surface area contributed by atoms with Crippen LogP contribution in [-0.4, -0.2) is 46.7 Å². The predicted octanol–water partition coefficient (Wildman–Crippen LogP) is 1.98. The third-order valence-corrected chi connectivity index (χ3v) is 5.17. The van der Waals surface area contributed by atoms with Crippen LogP contribution in [0.25, 0.3) is 0 Å². The maximum Gasteiger partial charge on any atom is 0.286 e. The van der Waals surface area contributed by atoms with Crippen LogP contribution in [0, 0.1) is 0 Å². The first-order valence-corrected chi connectivity index (χ1v) is 9.43. The van der Waals surface area contributed by atoms with Gasteiger partial charge in [-0.1, -0.05) is 30.0 Å². The van der Waals surface area contributed by atoms with E-state index >= 15 is 0 Å². The molecule has 1 saturated heterocycles. The van der Waals surface area contributed by atoms with Gasteiger partial charge in [0.25, 0.3) is 5.24 Å². The monoisotopic (exact) mass is 387 g/mol. The molecule has 0 bridgehead atoms. The lowest BCUT2D eigenvalue weighted by atomic mass is 10.1. The van der Waals surface area contributed by atoms with E-state index in [2.05, 4.69) is 10.3 Å². The number of rotatable bonds is 8. The highest BCUT2D eigenvalue weighted by molar-refractivity contribution is 8.15. The number of carbonyl (C=O) groups is 2. The summed E-state index contributed by atoms with van der Waals surface area (Å²) in [5.74, 6) is 1.33. The fourth-order valence-electron chi connectivity index (χ4n) is 2.61. The Labute approximate surface area is 161 Å². The van der Waals surface area contributed by atoms with Crippen LogP contribution in [0.1, 0.15) is 11.1 Å². The smallest absolute Gasteiger partial charge is 0.286 e. The molecular formula is C19H21N3O4S. The number of pyridine rings is 1. The Balaban J connectivity index is 1.45. The van der Waals surface area contributed by atoms with E-state index in [4.69, 9.17) is 9.84 Å². The van der Waals surface area contributed by atoms with E-state index in [-0.39, 0.29) is 23.0 Å². The van der Waals surface area contributed by atoms with Gasteiger partial charge in [-0.15, -0.1) is 0 Å². The van der Waals surface area contributed by atoms with Gasteiger partial charge in [-0.2, -0.15) is 0 Å². The minimum atomic E-state index is -0.359. The molecule has 1 fully saturated rings. The molecule has 2 amide bonds. The zero-order valence-electron chi connectivity index (χ0n) is 14.9. The number of likely N-dealkylation sites (N-methyl/N-ethyl adjacent to an activating group) is 1. The summed E-state index contributed by atoms with van der Waals surface area (Å²) >= 11 is 1.03. The van der Waals surface area contributed by atoms with Crippen molar-refractivity contribution < 1.29 is 19.4 Å². The quantitative estimate of drug-likeness (QED) is 0.716. The Morgan fingerprint density at radius 2 is 1.93 bits per heavy atom. The molecule has 1 unspecified atom stereocenters. The molecule has 1 aliphatic heterocycles. The molecule has 7 nitrogen and oxygen atoms in total. The van der Waals surface area contributed by atoms with Crippen LogP contribution in [0.2, 0.25) is 0 Å². The largest absolute Gasteiger partial charge is 0.492 e. The lowest BCUT2D eigenvalue weighted by Gasteiger charge is -2.18. The standard InChI is InChI=1S/C19H21N3O4S/c1-22(17-7-4-14(12-23)11-20-17)8-9-26-15-5-2-13(3-6-15)10-16-18(24)21-19(25)27-16/h2-7,11,16,23H,8-10,12H2,1H3,(H,21,24,25). The van der Waals surface area contributed by atoms with E-state index in [0.29, 0.717) is 19.6 Å². The molecule has 3 rings (SSSR count). The number of nitrogens with zero attached hydrogens (tertiary/aromatic N) is 2. The zero-order chi connectivity index (χ0) is 19.2. The van der Waals surface area contributed by atoms with Crippen LogP contribution in [0.15, 0.2) is 42.6 Å². The van der Waals surface area contributed by atoms with Gasteiger partial charge in [-0.25, -0.2) is 4.98 Å². The molecule has 1 aliphatic rings. The summed E-state index contributed by atoms with van der Waals surface area (Å²) in [6.45, 7) is 1.14. The first-order valence-electron chi connectivity index (χ1n) is 8.55. The normalized spacial score (nSPS) is 16.3. The molecule has 0 saturated carbocycles. The number of amides is 2. The van der Waals surface area contributed by atoms with Crippen LogP contribution < -0.4 is 15.0 Å². The number of anilines is 1. The van der Waals surface area contributed by atoms with Gasteiger partial charge < -0.3 is 14.7 Å². The van der Waals surface area contributed by atoms with Gasteiger partial charge in [0.1, 0.15) is 18.2 Å². The van der Waals surface area contributed by atoms with Crippen LogP contribution in [0.4, 0.5) is 10.6 Å². The van der Waals surface area contributed by atoms with Gasteiger partial charge >= 0.3 is 0 Å². The number of aliphatic hydroxyl groups is 1. The fourth-order valence-corrected chi connectivity index (χ4v) is 3.47. The molecule has 0 spiro atoms. The van der Waals surface area contributed by atoms with Gasteiger partial charge in [0.15, 0.2) is 0 Å². The molecule has 2 aromatic rings. The second-order valence-corrected chi connectivity index (χ2v) is 7.36. The number of imide groups is 1. The lowest BCUT2D eigenvalue weighted by molar-refractivity contribution is -0.118. The Morgan fingerprint density at radius 3 is 2.52 bits per heavy atom. The van der Waals surface area contributed by atoms with E-state index in [0.717, 1.165) is 34.5 Å². The molecule has 0 aliphatic carbocycles. The number of ether oxygens (including phenoxy) is 1. The molecule has 1 aromatic carbocycles. The predicted molar refractivity (Wildman–Crippen MR) is 104 cm³/mol. The Bertz CT molecular complexity index is 796. The second kappa shape index (κ2) is 8.88. The Kier molecular flexibility index (Phi) is 6.31. The van der Waals surface area contributed by atoms with Crippen molar-refractivity contribution in [2.45, 2.75) is 18.3 Å². The minimum absolute atomic E-state index is 0.0173. The molecule has 0 radical (unpaired) electrons. The molecule has 2 N–H and O–H groups in total. The van der Waals surface area contributed by atoms with Crippen molar-refractivity contribution in [1.29, 1.82) is 0 Å². The van der Waals surface area contributed by atoms with E-state index in [1.165, 1.54) is 0 Å². The summed E-state index contributed by atoms with van der Waals surface area (Å²) in [5, 5.41) is 10.7. The second-order valence-electron chi connectivity index (χ2n) is 6.18. The maximum atomic E-state index is 11.6. The van der Waals surface area contributed by atoms with Gasteiger partial charge in [0.05, 0.1) is 18.4 Å². The van der Waals surface area contributed by atoms with Gasteiger partial charge in [-0.05, 0) is 35.7 Å². The van der Waals surface area contributed by atoms with E-state index in [1.807, 2.05) is 48.3 Å². The maximum absolute atomic E-state index is 11.6. The molecule has 1 atom stereocenters. The zero-order valence-corrected chi connectivity index (χ0v) is 15.7. The average molecular weight is 387 g/mol. The Hall–Kier alpha value is -2.58. The highest BCUT2D eigenvalue weighted by Gasteiger charge is 2.31. The van der Waals surface area contributed by atoms with E-state index in [9.17, 15) is 9.59 Å². The van der Waals surface area contributed by atoms with Crippen molar-refractivity contribution in [1.82, 2.24) is 10.3 Å². The summed E-state index contributed by atoms with van der Waals surface area (Å²) < 4.78 is 5.76. The van der Waals surface area contributed by atoms with Crippen molar-refractivity contribution in [3.8, 4) is 5.75 Å². The van der Waals surface area contributed by atoms with Gasteiger partial charge in [0, 0.05) is 13.2 Å². The van der Waals surface area contributed by atoms with Gasteiger partial charge in [0.2, 0.25) is 5.91 Å².